The smallest absolute Gasteiger partial charge is 0.251 e. The molecule has 0 spiro atoms. The van der Waals surface area contributed by atoms with E-state index < -0.39 is 11.7 Å². The van der Waals surface area contributed by atoms with Crippen molar-refractivity contribution in [2.24, 2.45) is 5.73 Å². The first kappa shape index (κ1) is 9.51. The molecule has 0 atom stereocenters. The third kappa shape index (κ3) is 2.18. The molecule has 0 aromatic heterocycles. The fraction of sp³-hybridized carbons (Fsp3) is 0.222. The number of anilines is 1. The van der Waals surface area contributed by atoms with Gasteiger partial charge in [-0.25, -0.2) is 4.39 Å². The fourth-order valence-corrected chi connectivity index (χ4v) is 1.03. The number of benzene rings is 1. The van der Waals surface area contributed by atoms with Crippen molar-refractivity contribution in [3.05, 3.63) is 29.6 Å². The molecule has 1 rings (SSSR count). The molecule has 1 aromatic carbocycles. The van der Waals surface area contributed by atoms with Gasteiger partial charge in [0.15, 0.2) is 0 Å². The highest BCUT2D eigenvalue weighted by Crippen LogP contribution is 2.13. The van der Waals surface area contributed by atoms with Crippen LogP contribution in [0.4, 0.5) is 10.1 Å². The van der Waals surface area contributed by atoms with Crippen molar-refractivity contribution in [2.75, 3.05) is 11.9 Å². The summed E-state index contributed by atoms with van der Waals surface area (Å²) in [5.74, 6) is -1.34. The highest BCUT2D eigenvalue weighted by Gasteiger charge is 2.07. The molecule has 0 saturated carbocycles. The summed E-state index contributed by atoms with van der Waals surface area (Å²) in [4.78, 5) is 10.7. The SMILES string of the molecule is CCNc1ccc(F)c(C(N)=O)c1. The molecule has 13 heavy (non-hydrogen) atoms. The van der Waals surface area contributed by atoms with Gasteiger partial charge in [0.25, 0.3) is 5.91 Å². The van der Waals surface area contributed by atoms with E-state index in [0.717, 1.165) is 0 Å². The third-order valence-electron chi connectivity index (χ3n) is 1.61. The molecule has 0 unspecified atom stereocenters. The average Bonchev–Trinajstić information content (AvgIpc) is 2.08. The molecule has 3 N–H and O–H groups in total. The Morgan fingerprint density at radius 3 is 2.85 bits per heavy atom. The third-order valence-corrected chi connectivity index (χ3v) is 1.61. The van der Waals surface area contributed by atoms with E-state index >= 15 is 0 Å². The molecule has 70 valence electrons. The van der Waals surface area contributed by atoms with E-state index in [-0.39, 0.29) is 5.56 Å². The summed E-state index contributed by atoms with van der Waals surface area (Å²) in [5.41, 5.74) is 5.58. The van der Waals surface area contributed by atoms with Crippen LogP contribution in [0.25, 0.3) is 0 Å². The van der Waals surface area contributed by atoms with Crippen LogP contribution < -0.4 is 11.1 Å². The molecule has 0 aliphatic carbocycles. The first-order valence-electron chi connectivity index (χ1n) is 3.98. The van der Waals surface area contributed by atoms with Gasteiger partial charge in [-0.15, -0.1) is 0 Å². The molecular formula is C9H11FN2O. The number of primary amides is 1. The molecule has 0 bridgehead atoms. The molecule has 1 aromatic rings. The van der Waals surface area contributed by atoms with E-state index in [0.29, 0.717) is 12.2 Å². The van der Waals surface area contributed by atoms with Crippen molar-refractivity contribution < 1.29 is 9.18 Å². The molecule has 0 radical (unpaired) electrons. The molecule has 3 nitrogen and oxygen atoms in total. The number of nitrogens with one attached hydrogen (secondary N) is 1. The van der Waals surface area contributed by atoms with Crippen molar-refractivity contribution in [2.45, 2.75) is 6.92 Å². The van der Waals surface area contributed by atoms with Crippen LogP contribution in [0.1, 0.15) is 17.3 Å². The number of nitrogens with two attached hydrogens (primary N) is 1. The molecular weight excluding hydrogens is 171 g/mol. The predicted octanol–water partition coefficient (Wildman–Crippen LogP) is 1.36. The van der Waals surface area contributed by atoms with Gasteiger partial charge in [-0.05, 0) is 25.1 Å². The van der Waals surface area contributed by atoms with E-state index in [2.05, 4.69) is 5.32 Å². The second-order valence-electron chi connectivity index (χ2n) is 2.59. The van der Waals surface area contributed by atoms with Gasteiger partial charge in [-0.3, -0.25) is 4.79 Å². The van der Waals surface area contributed by atoms with E-state index in [9.17, 15) is 9.18 Å². The highest BCUT2D eigenvalue weighted by atomic mass is 19.1. The van der Waals surface area contributed by atoms with Crippen LogP contribution in [0.3, 0.4) is 0 Å². The molecule has 4 heteroatoms. The summed E-state index contributed by atoms with van der Waals surface area (Å²) < 4.78 is 12.9. The van der Waals surface area contributed by atoms with Gasteiger partial charge in [-0.2, -0.15) is 0 Å². The Hall–Kier alpha value is -1.58. The quantitative estimate of drug-likeness (QED) is 0.741. The van der Waals surface area contributed by atoms with E-state index in [1.165, 1.54) is 12.1 Å². The van der Waals surface area contributed by atoms with Gasteiger partial charge in [0.1, 0.15) is 5.82 Å². The van der Waals surface area contributed by atoms with Gasteiger partial charge in [-0.1, -0.05) is 0 Å². The van der Waals surface area contributed by atoms with Gasteiger partial charge in [0, 0.05) is 12.2 Å². The normalized spacial score (nSPS) is 9.69. The Labute approximate surface area is 75.7 Å². The van der Waals surface area contributed by atoms with Crippen LogP contribution in [-0.2, 0) is 0 Å². The molecule has 0 aliphatic rings. The lowest BCUT2D eigenvalue weighted by atomic mass is 10.2. The van der Waals surface area contributed by atoms with Crippen molar-refractivity contribution in [1.82, 2.24) is 0 Å². The fourth-order valence-electron chi connectivity index (χ4n) is 1.03. The predicted molar refractivity (Wildman–Crippen MR) is 49.1 cm³/mol. The largest absolute Gasteiger partial charge is 0.385 e. The van der Waals surface area contributed by atoms with Gasteiger partial charge in [0.05, 0.1) is 5.56 Å². The lowest BCUT2D eigenvalue weighted by Crippen LogP contribution is -2.13. The van der Waals surface area contributed by atoms with Crippen molar-refractivity contribution in [3.8, 4) is 0 Å². The maximum Gasteiger partial charge on any atom is 0.251 e. The number of halogens is 1. The molecule has 0 saturated heterocycles. The maximum absolute atomic E-state index is 12.9. The number of amides is 1. The summed E-state index contributed by atoms with van der Waals surface area (Å²) in [6.07, 6.45) is 0. The second kappa shape index (κ2) is 3.89. The maximum atomic E-state index is 12.9. The molecule has 0 heterocycles. The minimum Gasteiger partial charge on any atom is -0.385 e. The summed E-state index contributed by atoms with van der Waals surface area (Å²) in [6, 6.07) is 4.19. The van der Waals surface area contributed by atoms with Crippen molar-refractivity contribution >= 4 is 11.6 Å². The topological polar surface area (TPSA) is 55.1 Å². The first-order chi connectivity index (χ1) is 6.15. The molecule has 1 amide bonds. The lowest BCUT2D eigenvalue weighted by molar-refractivity contribution is 0.0996. The Kier molecular flexibility index (Phi) is 2.84. The summed E-state index contributed by atoms with van der Waals surface area (Å²) >= 11 is 0. The van der Waals surface area contributed by atoms with Gasteiger partial charge < -0.3 is 11.1 Å². The summed E-state index contributed by atoms with van der Waals surface area (Å²) in [7, 11) is 0. The van der Waals surface area contributed by atoms with Crippen LogP contribution in [0.15, 0.2) is 18.2 Å². The van der Waals surface area contributed by atoms with Crippen LogP contribution in [0, 0.1) is 5.82 Å². The Bertz CT molecular complexity index is 325. The van der Waals surface area contributed by atoms with Crippen LogP contribution in [0.5, 0.6) is 0 Å². The van der Waals surface area contributed by atoms with Crippen molar-refractivity contribution in [1.29, 1.82) is 0 Å². The minimum atomic E-state index is -0.753. The van der Waals surface area contributed by atoms with E-state index in [4.69, 9.17) is 5.73 Å². The van der Waals surface area contributed by atoms with Gasteiger partial charge in [0.2, 0.25) is 0 Å². The Morgan fingerprint density at radius 2 is 2.31 bits per heavy atom. The number of hydrogen-bond acceptors (Lipinski definition) is 2. The minimum absolute atomic E-state index is 0.0848. The Morgan fingerprint density at radius 1 is 1.62 bits per heavy atom. The monoisotopic (exact) mass is 182 g/mol. The summed E-state index contributed by atoms with van der Waals surface area (Å²) in [5, 5.41) is 2.96. The Balaban J connectivity index is 3.04. The number of carbonyl (C=O) groups is 1. The van der Waals surface area contributed by atoms with Crippen LogP contribution in [-0.4, -0.2) is 12.5 Å². The van der Waals surface area contributed by atoms with Crippen LogP contribution in [0.2, 0.25) is 0 Å². The average molecular weight is 182 g/mol. The summed E-state index contributed by atoms with van der Waals surface area (Å²) in [6.45, 7) is 2.62. The number of rotatable bonds is 3. The van der Waals surface area contributed by atoms with E-state index in [1.54, 1.807) is 6.07 Å². The molecule has 0 fully saturated rings. The lowest BCUT2D eigenvalue weighted by Gasteiger charge is -2.04. The number of hydrogen-bond donors (Lipinski definition) is 2. The second-order valence-corrected chi connectivity index (χ2v) is 2.59. The van der Waals surface area contributed by atoms with Gasteiger partial charge >= 0.3 is 0 Å². The zero-order valence-corrected chi connectivity index (χ0v) is 7.30. The zero-order valence-electron chi connectivity index (χ0n) is 7.30. The zero-order chi connectivity index (χ0) is 9.84. The highest BCUT2D eigenvalue weighted by molar-refractivity contribution is 5.94. The van der Waals surface area contributed by atoms with Crippen LogP contribution >= 0.6 is 0 Å². The molecule has 0 aliphatic heterocycles. The number of carbonyl (C=O) groups excluding carboxylic acids is 1. The van der Waals surface area contributed by atoms with E-state index in [1.807, 2.05) is 6.92 Å². The standard InChI is InChI=1S/C9H11FN2O/c1-2-12-6-3-4-8(10)7(5-6)9(11)13/h3-5,12H,2H2,1H3,(H2,11,13). The first-order valence-corrected chi connectivity index (χ1v) is 3.98. The van der Waals surface area contributed by atoms with Crippen molar-refractivity contribution in [3.63, 3.8) is 0 Å².